The van der Waals surface area contributed by atoms with E-state index in [9.17, 15) is 9.59 Å². The van der Waals surface area contributed by atoms with E-state index in [1.807, 2.05) is 28.8 Å². The molecule has 3 aromatic rings. The van der Waals surface area contributed by atoms with E-state index in [0.717, 1.165) is 22.8 Å². The summed E-state index contributed by atoms with van der Waals surface area (Å²) in [4.78, 5) is 23.4. The van der Waals surface area contributed by atoms with Gasteiger partial charge in [-0.2, -0.15) is 0 Å². The zero-order chi connectivity index (χ0) is 16.9. The molecule has 0 saturated heterocycles. The van der Waals surface area contributed by atoms with E-state index in [0.29, 0.717) is 12.1 Å². The molecule has 1 amide bonds. The van der Waals surface area contributed by atoms with Gasteiger partial charge < -0.3 is 0 Å². The van der Waals surface area contributed by atoms with Crippen molar-refractivity contribution in [3.8, 4) is 0 Å². The summed E-state index contributed by atoms with van der Waals surface area (Å²) in [6, 6.07) is 16.1. The molecule has 0 saturated carbocycles. The summed E-state index contributed by atoms with van der Waals surface area (Å²) in [7, 11) is 0. The Morgan fingerprint density at radius 1 is 1.17 bits per heavy atom. The van der Waals surface area contributed by atoms with Crippen LogP contribution in [0, 0.1) is 0 Å². The van der Waals surface area contributed by atoms with Crippen LogP contribution in [0.5, 0.6) is 0 Å². The monoisotopic (exact) mass is 515 g/mol. The van der Waals surface area contributed by atoms with Crippen LogP contribution in [0.25, 0.3) is 10.9 Å². The standard InChI is InChI=1S/C18H15N2O2.CH3.Po/c21-13-15-11-20(17-9-5-4-8-16(15)17)12-18(22)19-10-14-6-2-1-3-7-14;;/h2-9,11,13H,10,12H2,(H,19,22);1H3;. The first kappa shape index (κ1) is 16.9. The summed E-state index contributed by atoms with van der Waals surface area (Å²) >= 11 is -0.361. The fourth-order valence-electron chi connectivity index (χ4n) is 2.65. The zero-order valence-corrected chi connectivity index (χ0v) is 16.5. The van der Waals surface area contributed by atoms with Gasteiger partial charge in [-0.25, -0.2) is 0 Å². The third-order valence-electron chi connectivity index (χ3n) is 3.91. The van der Waals surface area contributed by atoms with Crippen molar-refractivity contribution in [2.75, 3.05) is 0 Å². The predicted octanol–water partition coefficient (Wildman–Crippen LogP) is 2.15. The Kier molecular flexibility index (Phi) is 5.43. The molecule has 1 heterocycles. The molecule has 0 atom stereocenters. The molecular formula is C19H18N2O2Po. The van der Waals surface area contributed by atoms with Crippen LogP contribution in [0.2, 0.25) is 4.58 Å². The molecule has 0 radical (unpaired) electrons. The fourth-order valence-corrected chi connectivity index (χ4v) is 4.24. The van der Waals surface area contributed by atoms with E-state index < -0.39 is 0 Å². The number of carbonyl (C=O) groups is 2. The van der Waals surface area contributed by atoms with Gasteiger partial charge in [0, 0.05) is 0 Å². The van der Waals surface area contributed by atoms with E-state index >= 15 is 0 Å². The molecular weight excluding hydrogens is 497 g/mol. The molecule has 5 heteroatoms. The van der Waals surface area contributed by atoms with Crippen molar-refractivity contribution in [3.63, 3.8) is 0 Å². The number of fused-ring (bicyclic) bond motifs is 1. The van der Waals surface area contributed by atoms with Gasteiger partial charge >= 0.3 is 142 Å². The van der Waals surface area contributed by atoms with Crippen molar-refractivity contribution in [1.29, 1.82) is 0 Å². The summed E-state index contributed by atoms with van der Waals surface area (Å²) in [6.45, 7) is 0.725. The van der Waals surface area contributed by atoms with Crippen LogP contribution < -0.4 is 8.54 Å². The first-order valence-corrected chi connectivity index (χ1v) is 12.4. The number of nitrogens with one attached hydrogen (secondary N) is 1. The Balaban J connectivity index is 1.67. The molecule has 122 valence electrons. The molecule has 0 fully saturated rings. The Morgan fingerprint density at radius 2 is 1.92 bits per heavy atom. The third-order valence-corrected chi connectivity index (χ3v) is 6.80. The molecule has 4 nitrogen and oxygen atoms in total. The normalized spacial score (nSPS) is 10.7. The van der Waals surface area contributed by atoms with E-state index in [1.54, 1.807) is 6.20 Å². The van der Waals surface area contributed by atoms with E-state index in [1.165, 1.54) is 3.22 Å². The van der Waals surface area contributed by atoms with Gasteiger partial charge in [-0.05, 0) is 0 Å². The van der Waals surface area contributed by atoms with Crippen molar-refractivity contribution < 1.29 is 9.59 Å². The number of nitrogens with zero attached hydrogens (tertiary/aromatic N) is 1. The van der Waals surface area contributed by atoms with Crippen LogP contribution in [0.15, 0.2) is 54.7 Å². The van der Waals surface area contributed by atoms with Crippen LogP contribution >= 0.6 is 0 Å². The van der Waals surface area contributed by atoms with Gasteiger partial charge in [-0.1, -0.05) is 6.07 Å². The summed E-state index contributed by atoms with van der Waals surface area (Å²) in [5, 5.41) is 3.82. The van der Waals surface area contributed by atoms with Crippen molar-refractivity contribution in [2.24, 2.45) is 0 Å². The Bertz CT molecular complexity index is 869. The number of aldehydes is 1. The number of hydrogen-bond donors (Lipinski definition) is 1. The van der Waals surface area contributed by atoms with Crippen molar-refractivity contribution in [3.05, 3.63) is 65.9 Å². The molecule has 0 spiro atoms. The Hall–Kier alpha value is -1.98. The van der Waals surface area contributed by atoms with Gasteiger partial charge in [0.2, 0.25) is 0 Å². The summed E-state index contributed by atoms with van der Waals surface area (Å²) in [5.41, 5.74) is 2.61. The molecule has 0 unspecified atom stereocenters. The first-order valence-electron chi connectivity index (χ1n) is 7.64. The first-order chi connectivity index (χ1) is 11.7. The van der Waals surface area contributed by atoms with Crippen molar-refractivity contribution >= 4 is 49.9 Å². The quantitative estimate of drug-likeness (QED) is 0.512. The van der Waals surface area contributed by atoms with E-state index in [-0.39, 0.29) is 36.0 Å². The molecule has 0 aliphatic carbocycles. The molecule has 2 aromatic carbocycles. The molecule has 3 rings (SSSR count). The average Bonchev–Trinajstić information content (AvgIpc) is 2.98. The molecule has 0 aliphatic heterocycles. The Morgan fingerprint density at radius 3 is 2.62 bits per heavy atom. The number of amides is 1. The van der Waals surface area contributed by atoms with Gasteiger partial charge in [0.15, 0.2) is 0 Å². The summed E-state index contributed by atoms with van der Waals surface area (Å²) in [5.74, 6) is -0.0657. The van der Waals surface area contributed by atoms with Crippen molar-refractivity contribution in [2.45, 2.75) is 17.7 Å². The Labute approximate surface area is 152 Å². The van der Waals surface area contributed by atoms with Gasteiger partial charge in [-0.3, -0.25) is 4.79 Å². The summed E-state index contributed by atoms with van der Waals surface area (Å²) < 4.78 is 5.55. The second kappa shape index (κ2) is 7.72. The zero-order valence-electron chi connectivity index (χ0n) is 13.4. The number of hydrogen-bond acceptors (Lipinski definition) is 2. The topological polar surface area (TPSA) is 51.1 Å². The van der Waals surface area contributed by atoms with Crippen LogP contribution in [0.1, 0.15) is 15.9 Å². The van der Waals surface area contributed by atoms with E-state index in [4.69, 9.17) is 0 Å². The van der Waals surface area contributed by atoms with Crippen LogP contribution in [-0.4, -0.2) is 40.3 Å². The maximum atomic E-state index is 12.2. The SMILES string of the molecule is [CH3][Po][c]1ccc(CNC(=O)Cn2cc(C=O)c3ccccc32)cc1. The second-order valence-corrected chi connectivity index (χ2v) is 8.89. The van der Waals surface area contributed by atoms with Crippen LogP contribution in [-0.2, 0) is 17.9 Å². The predicted molar refractivity (Wildman–Crippen MR) is 96.9 cm³/mol. The molecule has 0 bridgehead atoms. The van der Waals surface area contributed by atoms with Crippen molar-refractivity contribution in [1.82, 2.24) is 9.88 Å². The van der Waals surface area contributed by atoms with Gasteiger partial charge in [0.1, 0.15) is 0 Å². The summed E-state index contributed by atoms with van der Waals surface area (Å²) in [6.07, 6.45) is 2.56. The van der Waals surface area contributed by atoms with Gasteiger partial charge in [0.25, 0.3) is 0 Å². The molecule has 24 heavy (non-hydrogen) atoms. The maximum absolute atomic E-state index is 12.2. The minimum absolute atomic E-state index is 0.0657. The fraction of sp³-hybridized carbons (Fsp3) is 0.158. The van der Waals surface area contributed by atoms with Gasteiger partial charge in [-0.15, -0.1) is 0 Å². The molecule has 1 N–H and O–H groups in total. The number of aromatic nitrogens is 1. The van der Waals surface area contributed by atoms with Gasteiger partial charge in [0.05, 0.1) is 0 Å². The number of carbonyl (C=O) groups excluding carboxylic acids is 2. The number of rotatable bonds is 6. The number of benzene rings is 2. The third kappa shape index (κ3) is 3.74. The minimum atomic E-state index is -0.361. The average molecular weight is 515 g/mol. The molecule has 0 aliphatic rings. The van der Waals surface area contributed by atoms with Crippen LogP contribution in [0.4, 0.5) is 0 Å². The molecule has 1 aromatic heterocycles. The van der Waals surface area contributed by atoms with Crippen LogP contribution in [0.3, 0.4) is 0 Å². The number of para-hydroxylation sites is 1. The second-order valence-electron chi connectivity index (χ2n) is 5.47. The van der Waals surface area contributed by atoms with E-state index in [2.05, 4.69) is 34.2 Å².